The molecule has 0 spiro atoms. The van der Waals surface area contributed by atoms with E-state index in [9.17, 15) is 8.42 Å². The Bertz CT molecular complexity index is 627. The lowest BCUT2D eigenvalue weighted by atomic mass is 10.4. The van der Waals surface area contributed by atoms with Crippen LogP contribution in [0.25, 0.3) is 0 Å². The van der Waals surface area contributed by atoms with E-state index in [0.29, 0.717) is 0 Å². The van der Waals surface area contributed by atoms with E-state index in [-0.39, 0.29) is 14.9 Å². The Morgan fingerprint density at radius 2 is 1.82 bits per heavy atom. The van der Waals surface area contributed by atoms with Crippen LogP contribution < -0.4 is 4.83 Å². The second kappa shape index (κ2) is 4.52. The largest absolute Gasteiger partial charge is 0.276 e. The first-order valence-electron chi connectivity index (χ1n) is 4.31. The Kier molecular flexibility index (Phi) is 3.23. The predicted molar refractivity (Wildman–Crippen MR) is 63.0 cm³/mol. The van der Waals surface area contributed by atoms with Crippen molar-refractivity contribution in [3.05, 3.63) is 40.9 Å². The Morgan fingerprint density at radius 1 is 1.18 bits per heavy atom. The van der Waals surface area contributed by atoms with Gasteiger partial charge in [0.25, 0.3) is 10.0 Å². The summed E-state index contributed by atoms with van der Waals surface area (Å²) in [7, 11) is -3.82. The SMILES string of the molecule is O=S(=O)(Nn1cnnc1)c1cc(Cl)ccc1Cl. The Balaban J connectivity index is 2.41. The number of sulfonamides is 1. The van der Waals surface area contributed by atoms with Crippen LogP contribution in [0.3, 0.4) is 0 Å². The fraction of sp³-hybridized carbons (Fsp3) is 0. The van der Waals surface area contributed by atoms with Crippen LogP contribution in [0.1, 0.15) is 0 Å². The van der Waals surface area contributed by atoms with Gasteiger partial charge < -0.3 is 0 Å². The number of hydrogen-bond donors (Lipinski definition) is 1. The van der Waals surface area contributed by atoms with Crippen molar-refractivity contribution in [2.45, 2.75) is 4.90 Å². The lowest BCUT2D eigenvalue weighted by molar-refractivity contribution is 0.595. The normalized spacial score (nSPS) is 11.4. The molecular weight excluding hydrogens is 287 g/mol. The van der Waals surface area contributed by atoms with Gasteiger partial charge in [0, 0.05) is 5.02 Å². The van der Waals surface area contributed by atoms with Gasteiger partial charge in [-0.2, -0.15) is 8.42 Å². The van der Waals surface area contributed by atoms with Crippen LogP contribution >= 0.6 is 23.2 Å². The first-order chi connectivity index (χ1) is 7.99. The Hall–Kier alpha value is -1.31. The molecule has 0 saturated carbocycles. The van der Waals surface area contributed by atoms with Crippen molar-refractivity contribution < 1.29 is 8.42 Å². The molecule has 0 unspecified atom stereocenters. The highest BCUT2D eigenvalue weighted by molar-refractivity contribution is 7.92. The second-order valence-electron chi connectivity index (χ2n) is 3.04. The third kappa shape index (κ3) is 2.68. The summed E-state index contributed by atoms with van der Waals surface area (Å²) < 4.78 is 25.0. The van der Waals surface area contributed by atoms with E-state index in [2.05, 4.69) is 15.0 Å². The second-order valence-corrected chi connectivity index (χ2v) is 5.51. The number of benzene rings is 1. The minimum Gasteiger partial charge on any atom is -0.221 e. The molecule has 2 rings (SSSR count). The molecule has 1 aromatic carbocycles. The molecule has 9 heteroatoms. The third-order valence-electron chi connectivity index (χ3n) is 1.83. The first-order valence-corrected chi connectivity index (χ1v) is 6.55. The lowest BCUT2D eigenvalue weighted by Gasteiger charge is -2.09. The Labute approximate surface area is 107 Å². The summed E-state index contributed by atoms with van der Waals surface area (Å²) in [5, 5.41) is 7.29. The molecule has 0 aliphatic carbocycles. The van der Waals surface area contributed by atoms with E-state index in [1.165, 1.54) is 30.9 Å². The van der Waals surface area contributed by atoms with Gasteiger partial charge >= 0.3 is 0 Å². The number of hydrogen-bond acceptors (Lipinski definition) is 4. The average Bonchev–Trinajstić information content (AvgIpc) is 2.73. The highest BCUT2D eigenvalue weighted by Gasteiger charge is 2.18. The van der Waals surface area contributed by atoms with E-state index >= 15 is 0 Å². The quantitative estimate of drug-likeness (QED) is 0.930. The van der Waals surface area contributed by atoms with Crippen LogP contribution in [0.5, 0.6) is 0 Å². The molecule has 0 aliphatic heterocycles. The third-order valence-corrected chi connectivity index (χ3v) is 3.87. The molecule has 6 nitrogen and oxygen atoms in total. The predicted octanol–water partition coefficient (Wildman–Crippen LogP) is 1.52. The molecule has 0 saturated heterocycles. The average molecular weight is 293 g/mol. The van der Waals surface area contributed by atoms with Crippen molar-refractivity contribution in [2.24, 2.45) is 0 Å². The molecule has 2 aromatic rings. The molecular formula is C8H6Cl2N4O2S. The summed E-state index contributed by atoms with van der Waals surface area (Å²) in [6, 6.07) is 4.17. The first kappa shape index (κ1) is 12.2. The lowest BCUT2D eigenvalue weighted by Crippen LogP contribution is -2.22. The van der Waals surface area contributed by atoms with Gasteiger partial charge in [-0.1, -0.05) is 23.2 Å². The van der Waals surface area contributed by atoms with E-state index in [1.54, 1.807) is 0 Å². The van der Waals surface area contributed by atoms with Gasteiger partial charge in [0.2, 0.25) is 0 Å². The monoisotopic (exact) mass is 292 g/mol. The summed E-state index contributed by atoms with van der Waals surface area (Å²) in [4.78, 5) is 2.09. The fourth-order valence-electron chi connectivity index (χ4n) is 1.12. The van der Waals surface area contributed by atoms with Crippen molar-refractivity contribution in [1.29, 1.82) is 0 Å². The summed E-state index contributed by atoms with van der Waals surface area (Å²) in [5.41, 5.74) is 0. The number of nitrogens with zero attached hydrogens (tertiary/aromatic N) is 3. The maximum absolute atomic E-state index is 11.9. The van der Waals surface area contributed by atoms with Gasteiger partial charge in [0.15, 0.2) is 0 Å². The van der Waals surface area contributed by atoms with Gasteiger partial charge in [0.1, 0.15) is 17.6 Å². The van der Waals surface area contributed by atoms with Crippen LogP contribution in [0, 0.1) is 0 Å². The van der Waals surface area contributed by atoms with Gasteiger partial charge in [-0.25, -0.2) is 9.51 Å². The highest BCUT2D eigenvalue weighted by Crippen LogP contribution is 2.25. The molecule has 0 atom stereocenters. The van der Waals surface area contributed by atoms with Crippen molar-refractivity contribution >= 4 is 33.2 Å². The number of rotatable bonds is 3. The minimum atomic E-state index is -3.82. The van der Waals surface area contributed by atoms with Crippen LogP contribution in [-0.4, -0.2) is 23.3 Å². The Morgan fingerprint density at radius 3 is 2.47 bits per heavy atom. The minimum absolute atomic E-state index is 0.0787. The maximum Gasteiger partial charge on any atom is 0.276 e. The van der Waals surface area contributed by atoms with Crippen LogP contribution in [-0.2, 0) is 10.0 Å². The van der Waals surface area contributed by atoms with Crippen molar-refractivity contribution in [2.75, 3.05) is 4.83 Å². The van der Waals surface area contributed by atoms with E-state index in [1.807, 2.05) is 0 Å². The summed E-state index contributed by atoms with van der Waals surface area (Å²) in [6.07, 6.45) is 2.41. The number of nitrogens with one attached hydrogen (secondary N) is 1. The van der Waals surface area contributed by atoms with Crippen LogP contribution in [0.4, 0.5) is 0 Å². The zero-order valence-corrected chi connectivity index (χ0v) is 10.5. The van der Waals surface area contributed by atoms with Gasteiger partial charge in [-0.05, 0) is 18.2 Å². The number of halogens is 2. The molecule has 1 heterocycles. The van der Waals surface area contributed by atoms with Gasteiger partial charge in [-0.15, -0.1) is 10.2 Å². The molecule has 0 aliphatic rings. The zero-order valence-electron chi connectivity index (χ0n) is 8.21. The van der Waals surface area contributed by atoms with Crippen molar-refractivity contribution in [3.63, 3.8) is 0 Å². The molecule has 0 fully saturated rings. The van der Waals surface area contributed by atoms with E-state index in [0.717, 1.165) is 4.68 Å². The fourth-order valence-corrected chi connectivity index (χ4v) is 2.86. The molecule has 17 heavy (non-hydrogen) atoms. The topological polar surface area (TPSA) is 76.9 Å². The van der Waals surface area contributed by atoms with E-state index in [4.69, 9.17) is 23.2 Å². The standard InChI is InChI=1S/C8H6Cl2N4O2S/c9-6-1-2-7(10)8(3-6)17(15,16)13-14-4-11-12-5-14/h1-5,13H. The maximum atomic E-state index is 11.9. The molecule has 0 radical (unpaired) electrons. The van der Waals surface area contributed by atoms with Gasteiger partial charge in [-0.3, -0.25) is 0 Å². The summed E-state index contributed by atoms with van der Waals surface area (Å²) in [5.74, 6) is 0. The van der Waals surface area contributed by atoms with Crippen LogP contribution in [0.15, 0.2) is 35.7 Å². The molecule has 90 valence electrons. The molecule has 0 amide bonds. The smallest absolute Gasteiger partial charge is 0.221 e. The summed E-state index contributed by atoms with van der Waals surface area (Å²) in [6.45, 7) is 0. The van der Waals surface area contributed by atoms with Gasteiger partial charge in [0.05, 0.1) is 5.02 Å². The summed E-state index contributed by atoms with van der Waals surface area (Å²) >= 11 is 11.5. The molecule has 1 aromatic heterocycles. The van der Waals surface area contributed by atoms with E-state index < -0.39 is 10.0 Å². The zero-order chi connectivity index (χ0) is 12.5. The molecule has 1 N–H and O–H groups in total. The van der Waals surface area contributed by atoms with Crippen molar-refractivity contribution in [1.82, 2.24) is 14.9 Å². The van der Waals surface area contributed by atoms with Crippen molar-refractivity contribution in [3.8, 4) is 0 Å². The van der Waals surface area contributed by atoms with Crippen LogP contribution in [0.2, 0.25) is 10.0 Å². The molecule has 0 bridgehead atoms. The highest BCUT2D eigenvalue weighted by atomic mass is 35.5. The number of aromatic nitrogens is 3.